The summed E-state index contributed by atoms with van der Waals surface area (Å²) in [5.74, 6) is -2.35. The highest BCUT2D eigenvalue weighted by atomic mass is 79.9. The Kier molecular flexibility index (Phi) is 5.69. The van der Waals surface area contributed by atoms with Crippen molar-refractivity contribution in [3.05, 3.63) is 28.2 Å². The molecule has 1 N–H and O–H groups in total. The van der Waals surface area contributed by atoms with E-state index in [9.17, 15) is 17.2 Å². The SMILES string of the molecule is CC(C)OCCS(=O)(=O)Nc1c(F)cc(Br)cc1F. The number of rotatable bonds is 6. The average molecular weight is 358 g/mol. The maximum absolute atomic E-state index is 13.5. The molecular formula is C11H14BrF2NO3S. The lowest BCUT2D eigenvalue weighted by Crippen LogP contribution is -2.22. The Balaban J connectivity index is 2.79. The molecule has 0 aliphatic rings. The zero-order chi connectivity index (χ0) is 14.6. The summed E-state index contributed by atoms with van der Waals surface area (Å²) in [6.07, 6.45) is -0.114. The van der Waals surface area contributed by atoms with Crippen LogP contribution in [0.5, 0.6) is 0 Å². The zero-order valence-electron chi connectivity index (χ0n) is 10.4. The summed E-state index contributed by atoms with van der Waals surface area (Å²) < 4.78 is 57.3. The van der Waals surface area contributed by atoms with Crippen LogP contribution in [0.4, 0.5) is 14.5 Å². The van der Waals surface area contributed by atoms with Crippen molar-refractivity contribution < 1.29 is 21.9 Å². The number of hydrogen-bond acceptors (Lipinski definition) is 3. The first kappa shape index (κ1) is 16.3. The average Bonchev–Trinajstić information content (AvgIpc) is 2.22. The molecule has 0 radical (unpaired) electrons. The van der Waals surface area contributed by atoms with Gasteiger partial charge in [-0.1, -0.05) is 15.9 Å². The van der Waals surface area contributed by atoms with Gasteiger partial charge in [0.05, 0.1) is 18.5 Å². The second-order valence-electron chi connectivity index (χ2n) is 4.08. The van der Waals surface area contributed by atoms with Crippen molar-refractivity contribution >= 4 is 31.6 Å². The Labute approximate surface area is 119 Å². The molecule has 0 bridgehead atoms. The minimum absolute atomic E-state index is 0.0488. The fourth-order valence-electron chi connectivity index (χ4n) is 1.24. The molecule has 1 rings (SSSR count). The van der Waals surface area contributed by atoms with Crippen LogP contribution in [0.15, 0.2) is 16.6 Å². The summed E-state index contributed by atoms with van der Waals surface area (Å²) in [6, 6.07) is 1.96. The number of halogens is 3. The van der Waals surface area contributed by atoms with Gasteiger partial charge in [-0.15, -0.1) is 0 Å². The third-order valence-electron chi connectivity index (χ3n) is 2.07. The van der Waals surface area contributed by atoms with E-state index in [0.717, 1.165) is 12.1 Å². The van der Waals surface area contributed by atoms with Crippen molar-refractivity contribution in [1.29, 1.82) is 0 Å². The number of benzene rings is 1. The molecule has 1 aromatic carbocycles. The Morgan fingerprint density at radius 3 is 2.32 bits per heavy atom. The quantitative estimate of drug-likeness (QED) is 0.851. The van der Waals surface area contributed by atoms with Crippen molar-refractivity contribution in [2.45, 2.75) is 20.0 Å². The monoisotopic (exact) mass is 357 g/mol. The van der Waals surface area contributed by atoms with Crippen molar-refractivity contribution in [3.8, 4) is 0 Å². The molecule has 0 aromatic heterocycles. The smallest absolute Gasteiger partial charge is 0.235 e. The molecule has 0 amide bonds. The van der Waals surface area contributed by atoms with E-state index in [1.165, 1.54) is 0 Å². The Morgan fingerprint density at radius 2 is 1.84 bits per heavy atom. The molecule has 0 atom stereocenters. The van der Waals surface area contributed by atoms with Crippen molar-refractivity contribution in [2.75, 3.05) is 17.1 Å². The highest BCUT2D eigenvalue weighted by molar-refractivity contribution is 9.10. The highest BCUT2D eigenvalue weighted by Crippen LogP contribution is 2.24. The zero-order valence-corrected chi connectivity index (χ0v) is 12.8. The van der Waals surface area contributed by atoms with Gasteiger partial charge >= 0.3 is 0 Å². The molecule has 1 aromatic rings. The molecular weight excluding hydrogens is 344 g/mol. The van der Waals surface area contributed by atoms with E-state index in [4.69, 9.17) is 4.74 Å². The van der Waals surface area contributed by atoms with Crippen LogP contribution in [0, 0.1) is 11.6 Å². The molecule has 108 valence electrons. The van der Waals surface area contributed by atoms with Gasteiger partial charge in [0.1, 0.15) is 5.69 Å². The van der Waals surface area contributed by atoms with Gasteiger partial charge in [0.25, 0.3) is 0 Å². The third kappa shape index (κ3) is 5.42. The summed E-state index contributed by atoms with van der Waals surface area (Å²) in [6.45, 7) is 3.47. The highest BCUT2D eigenvalue weighted by Gasteiger charge is 2.17. The molecule has 0 aliphatic carbocycles. The second-order valence-corrected chi connectivity index (χ2v) is 6.84. The number of anilines is 1. The fraction of sp³-hybridized carbons (Fsp3) is 0.455. The van der Waals surface area contributed by atoms with Crippen LogP contribution in [-0.4, -0.2) is 26.9 Å². The molecule has 8 heteroatoms. The van der Waals surface area contributed by atoms with E-state index < -0.39 is 27.3 Å². The molecule has 0 spiro atoms. The van der Waals surface area contributed by atoms with Gasteiger partial charge in [-0.25, -0.2) is 17.2 Å². The molecule has 0 fully saturated rings. The van der Waals surface area contributed by atoms with E-state index in [1.807, 2.05) is 4.72 Å². The van der Waals surface area contributed by atoms with E-state index in [0.29, 0.717) is 0 Å². The molecule has 0 unspecified atom stereocenters. The normalized spacial score (nSPS) is 11.9. The fourth-order valence-corrected chi connectivity index (χ4v) is 2.57. The van der Waals surface area contributed by atoms with Crippen LogP contribution in [-0.2, 0) is 14.8 Å². The number of hydrogen-bond donors (Lipinski definition) is 1. The van der Waals surface area contributed by atoms with E-state index in [2.05, 4.69) is 15.9 Å². The summed E-state index contributed by atoms with van der Waals surface area (Å²) in [4.78, 5) is 0. The summed E-state index contributed by atoms with van der Waals surface area (Å²) in [7, 11) is -3.86. The first-order valence-corrected chi connectivity index (χ1v) is 7.92. The van der Waals surface area contributed by atoms with E-state index in [1.54, 1.807) is 13.8 Å². The van der Waals surface area contributed by atoms with Gasteiger partial charge < -0.3 is 4.74 Å². The molecule has 0 aliphatic heterocycles. The van der Waals surface area contributed by atoms with Crippen LogP contribution in [0.25, 0.3) is 0 Å². The van der Waals surface area contributed by atoms with Crippen LogP contribution in [0.3, 0.4) is 0 Å². The number of ether oxygens (including phenoxy) is 1. The van der Waals surface area contributed by atoms with Crippen molar-refractivity contribution in [3.63, 3.8) is 0 Å². The predicted molar refractivity (Wildman–Crippen MR) is 72.6 cm³/mol. The standard InChI is InChI=1S/C11H14BrF2NO3S/c1-7(2)18-3-4-19(16,17)15-11-9(13)5-8(12)6-10(11)14/h5-7,15H,3-4H2,1-2H3. The maximum Gasteiger partial charge on any atom is 0.235 e. The topological polar surface area (TPSA) is 55.4 Å². The predicted octanol–water partition coefficient (Wildman–Crippen LogP) is 2.89. The van der Waals surface area contributed by atoms with Gasteiger partial charge in [-0.05, 0) is 26.0 Å². The lowest BCUT2D eigenvalue weighted by molar-refractivity contribution is 0.0913. The number of nitrogens with one attached hydrogen (secondary N) is 1. The molecule has 0 saturated heterocycles. The van der Waals surface area contributed by atoms with Gasteiger partial charge in [0, 0.05) is 4.47 Å². The molecule has 19 heavy (non-hydrogen) atoms. The molecule has 4 nitrogen and oxygen atoms in total. The second kappa shape index (κ2) is 6.62. The first-order valence-electron chi connectivity index (χ1n) is 5.48. The van der Waals surface area contributed by atoms with Crippen LogP contribution < -0.4 is 4.72 Å². The third-order valence-corrected chi connectivity index (χ3v) is 3.74. The van der Waals surface area contributed by atoms with E-state index in [-0.39, 0.29) is 22.9 Å². The Bertz CT molecular complexity index is 526. The molecule has 0 heterocycles. The summed E-state index contributed by atoms with van der Waals surface area (Å²) >= 11 is 2.91. The summed E-state index contributed by atoms with van der Waals surface area (Å²) in [5, 5.41) is 0. The molecule has 0 saturated carbocycles. The van der Waals surface area contributed by atoms with Gasteiger partial charge in [0.15, 0.2) is 11.6 Å². The maximum atomic E-state index is 13.5. The summed E-state index contributed by atoms with van der Waals surface area (Å²) in [5.41, 5.74) is -0.687. The van der Waals surface area contributed by atoms with Gasteiger partial charge in [0.2, 0.25) is 10.0 Å². The largest absolute Gasteiger partial charge is 0.378 e. The van der Waals surface area contributed by atoms with Crippen LogP contribution in [0.1, 0.15) is 13.8 Å². The van der Waals surface area contributed by atoms with Crippen LogP contribution in [0.2, 0.25) is 0 Å². The van der Waals surface area contributed by atoms with Crippen molar-refractivity contribution in [1.82, 2.24) is 0 Å². The minimum Gasteiger partial charge on any atom is -0.378 e. The van der Waals surface area contributed by atoms with E-state index >= 15 is 0 Å². The lowest BCUT2D eigenvalue weighted by Gasteiger charge is -2.11. The Morgan fingerprint density at radius 1 is 1.32 bits per heavy atom. The lowest BCUT2D eigenvalue weighted by atomic mass is 10.3. The van der Waals surface area contributed by atoms with Crippen molar-refractivity contribution in [2.24, 2.45) is 0 Å². The van der Waals surface area contributed by atoms with Gasteiger partial charge in [-0.3, -0.25) is 4.72 Å². The van der Waals surface area contributed by atoms with Gasteiger partial charge in [-0.2, -0.15) is 0 Å². The first-order chi connectivity index (χ1) is 8.71. The minimum atomic E-state index is -3.86. The Hall–Kier alpha value is -0.730. The van der Waals surface area contributed by atoms with Crippen LogP contribution >= 0.6 is 15.9 Å². The number of sulfonamides is 1.